The van der Waals surface area contributed by atoms with Crippen molar-refractivity contribution in [2.45, 2.75) is 57.9 Å². The summed E-state index contributed by atoms with van der Waals surface area (Å²) >= 11 is 0. The van der Waals surface area contributed by atoms with Crippen molar-refractivity contribution in [2.75, 3.05) is 6.54 Å². The lowest BCUT2D eigenvalue weighted by molar-refractivity contribution is 0.532. The molecule has 2 heterocycles. The minimum absolute atomic E-state index is 0.116. The van der Waals surface area contributed by atoms with Crippen LogP contribution in [0.15, 0.2) is 58.8 Å². The van der Waals surface area contributed by atoms with Gasteiger partial charge in [-0.05, 0) is 42.0 Å². The number of fused-ring (bicyclic) bond motifs is 1. The molecule has 1 aliphatic carbocycles. The Bertz CT molecular complexity index is 1120. The molecule has 0 bridgehead atoms. The summed E-state index contributed by atoms with van der Waals surface area (Å²) in [5.74, 6) is 0.836. The van der Waals surface area contributed by atoms with Crippen LogP contribution in [-0.2, 0) is 5.41 Å². The molecule has 0 atom stereocenters. The van der Waals surface area contributed by atoms with Crippen molar-refractivity contribution >= 4 is 22.6 Å². The Morgan fingerprint density at radius 2 is 1.79 bits per heavy atom. The molecule has 4 nitrogen and oxygen atoms in total. The summed E-state index contributed by atoms with van der Waals surface area (Å²) in [6.07, 6.45) is 7.21. The number of aliphatic imine (C=N–C) groups is 2. The average molecular weight is 385 g/mol. The lowest BCUT2D eigenvalue weighted by Gasteiger charge is -2.19. The van der Waals surface area contributed by atoms with Gasteiger partial charge in [0.05, 0.1) is 29.6 Å². The zero-order valence-electron chi connectivity index (χ0n) is 17.5. The Kier molecular flexibility index (Phi) is 4.38. The number of amidine groups is 1. The van der Waals surface area contributed by atoms with E-state index in [0.29, 0.717) is 12.6 Å². The minimum atomic E-state index is 0.116. The average Bonchev–Trinajstić information content (AvgIpc) is 3.46. The van der Waals surface area contributed by atoms with Gasteiger partial charge in [0.25, 0.3) is 0 Å². The summed E-state index contributed by atoms with van der Waals surface area (Å²) in [6, 6.07) is 15.8. The highest BCUT2D eigenvalue weighted by Gasteiger charge is 2.21. The van der Waals surface area contributed by atoms with Crippen molar-refractivity contribution in [3.05, 3.63) is 65.5 Å². The molecule has 1 saturated carbocycles. The normalized spacial score (nSPS) is 17.8. The molecule has 2 aromatic carbocycles. The quantitative estimate of drug-likeness (QED) is 0.571. The second-order valence-corrected chi connectivity index (χ2v) is 9.32. The molecular weight excluding hydrogens is 356 g/mol. The molecule has 1 fully saturated rings. The predicted molar refractivity (Wildman–Crippen MR) is 120 cm³/mol. The maximum atomic E-state index is 4.87. The van der Waals surface area contributed by atoms with E-state index in [-0.39, 0.29) is 5.41 Å². The molecule has 1 aliphatic heterocycles. The van der Waals surface area contributed by atoms with Gasteiger partial charge in [0.15, 0.2) is 5.84 Å². The van der Waals surface area contributed by atoms with Gasteiger partial charge < -0.3 is 4.57 Å². The summed E-state index contributed by atoms with van der Waals surface area (Å²) in [6.45, 7) is 7.33. The molecule has 29 heavy (non-hydrogen) atoms. The van der Waals surface area contributed by atoms with Crippen LogP contribution in [0, 0.1) is 0 Å². The van der Waals surface area contributed by atoms with Gasteiger partial charge in [-0.3, -0.25) is 4.99 Å². The molecule has 0 N–H and O–H groups in total. The maximum Gasteiger partial charge on any atom is 0.155 e. The lowest BCUT2D eigenvalue weighted by Crippen LogP contribution is -2.11. The molecule has 4 heteroatoms. The molecule has 3 aromatic rings. The van der Waals surface area contributed by atoms with E-state index < -0.39 is 0 Å². The predicted octanol–water partition coefficient (Wildman–Crippen LogP) is 5.70. The standard InChI is InChI=1S/C25H28N4/c1-25(2,3)19-8-6-7-18(13-19)24-26-15-22(28-24)17-11-12-23-21(14-17)27-16-29(23)20-9-4-5-10-20/h6-8,11-14,16,20H,4-5,9-10,15H2,1-3H3. The summed E-state index contributed by atoms with van der Waals surface area (Å²) in [5, 5.41) is 0. The molecule has 0 unspecified atom stereocenters. The van der Waals surface area contributed by atoms with Crippen LogP contribution in [0.1, 0.15) is 69.2 Å². The fourth-order valence-corrected chi connectivity index (χ4v) is 4.47. The zero-order chi connectivity index (χ0) is 20.0. The Morgan fingerprint density at radius 3 is 2.59 bits per heavy atom. The lowest BCUT2D eigenvalue weighted by atomic mass is 9.86. The molecule has 0 radical (unpaired) electrons. The highest BCUT2D eigenvalue weighted by Crippen LogP contribution is 2.32. The van der Waals surface area contributed by atoms with E-state index in [1.54, 1.807) is 0 Å². The second kappa shape index (κ2) is 6.94. The van der Waals surface area contributed by atoms with E-state index in [9.17, 15) is 0 Å². The van der Waals surface area contributed by atoms with Gasteiger partial charge in [0.1, 0.15) is 0 Å². The van der Waals surface area contributed by atoms with Crippen LogP contribution in [0.5, 0.6) is 0 Å². The molecule has 0 spiro atoms. The topological polar surface area (TPSA) is 42.5 Å². The third-order valence-electron chi connectivity index (χ3n) is 6.23. The van der Waals surface area contributed by atoms with Crippen LogP contribution < -0.4 is 0 Å². The highest BCUT2D eigenvalue weighted by atomic mass is 15.1. The van der Waals surface area contributed by atoms with Crippen LogP contribution in [0.2, 0.25) is 0 Å². The fourth-order valence-electron chi connectivity index (χ4n) is 4.47. The van der Waals surface area contributed by atoms with Crippen LogP contribution in [-0.4, -0.2) is 27.6 Å². The third kappa shape index (κ3) is 3.41. The smallest absolute Gasteiger partial charge is 0.155 e. The first-order valence-electron chi connectivity index (χ1n) is 10.7. The van der Waals surface area contributed by atoms with Crippen LogP contribution in [0.3, 0.4) is 0 Å². The number of hydrogen-bond donors (Lipinski definition) is 0. The van der Waals surface area contributed by atoms with E-state index in [0.717, 1.165) is 28.2 Å². The maximum absolute atomic E-state index is 4.87. The van der Waals surface area contributed by atoms with Crippen LogP contribution in [0.4, 0.5) is 0 Å². The monoisotopic (exact) mass is 384 g/mol. The van der Waals surface area contributed by atoms with Crippen molar-refractivity contribution in [1.82, 2.24) is 9.55 Å². The van der Waals surface area contributed by atoms with E-state index in [2.05, 4.69) is 72.8 Å². The number of imidazole rings is 1. The first-order valence-corrected chi connectivity index (χ1v) is 10.7. The number of nitrogens with zero attached hydrogens (tertiary/aromatic N) is 4. The molecule has 0 amide bonds. The summed E-state index contributed by atoms with van der Waals surface area (Å²) in [4.78, 5) is 14.3. The SMILES string of the molecule is CC(C)(C)c1cccc(C2=NCC(c3ccc4c(c3)ncn4C3CCCC3)=N2)c1. The first-order chi connectivity index (χ1) is 14.0. The largest absolute Gasteiger partial charge is 0.327 e. The third-order valence-corrected chi connectivity index (χ3v) is 6.23. The Labute approximate surface area is 172 Å². The number of aromatic nitrogens is 2. The van der Waals surface area contributed by atoms with Gasteiger partial charge in [-0.2, -0.15) is 0 Å². The molecule has 5 rings (SSSR count). The fraction of sp³-hybridized carbons (Fsp3) is 0.400. The molecular formula is C25H28N4. The zero-order valence-corrected chi connectivity index (χ0v) is 17.5. The molecule has 2 aliphatic rings. The Morgan fingerprint density at radius 1 is 0.966 bits per heavy atom. The highest BCUT2D eigenvalue weighted by molar-refractivity contribution is 6.17. The molecule has 1 aromatic heterocycles. The first kappa shape index (κ1) is 18.3. The Balaban J connectivity index is 1.43. The van der Waals surface area contributed by atoms with E-state index >= 15 is 0 Å². The number of hydrogen-bond acceptors (Lipinski definition) is 3. The van der Waals surface area contributed by atoms with Crippen LogP contribution >= 0.6 is 0 Å². The Hall–Kier alpha value is -2.75. The van der Waals surface area contributed by atoms with Crippen LogP contribution in [0.25, 0.3) is 11.0 Å². The van der Waals surface area contributed by atoms with Crippen molar-refractivity contribution in [1.29, 1.82) is 0 Å². The van der Waals surface area contributed by atoms with Gasteiger partial charge in [-0.15, -0.1) is 0 Å². The van der Waals surface area contributed by atoms with E-state index in [1.165, 1.54) is 36.8 Å². The van der Waals surface area contributed by atoms with Crippen molar-refractivity contribution < 1.29 is 0 Å². The number of rotatable bonds is 3. The summed E-state index contributed by atoms with van der Waals surface area (Å²) < 4.78 is 2.36. The van der Waals surface area contributed by atoms with Gasteiger partial charge in [-0.25, -0.2) is 9.98 Å². The van der Waals surface area contributed by atoms with E-state index in [1.807, 2.05) is 6.33 Å². The van der Waals surface area contributed by atoms with Gasteiger partial charge in [0, 0.05) is 17.2 Å². The van der Waals surface area contributed by atoms with E-state index in [4.69, 9.17) is 9.98 Å². The summed E-state index contributed by atoms with van der Waals surface area (Å²) in [5.41, 5.74) is 6.96. The van der Waals surface area contributed by atoms with Crippen molar-refractivity contribution in [3.8, 4) is 0 Å². The van der Waals surface area contributed by atoms with Gasteiger partial charge >= 0.3 is 0 Å². The van der Waals surface area contributed by atoms with Gasteiger partial charge in [-0.1, -0.05) is 57.9 Å². The van der Waals surface area contributed by atoms with Gasteiger partial charge in [0.2, 0.25) is 0 Å². The summed E-state index contributed by atoms with van der Waals surface area (Å²) in [7, 11) is 0. The van der Waals surface area contributed by atoms with Crippen molar-refractivity contribution in [2.24, 2.45) is 9.98 Å². The molecule has 148 valence electrons. The second-order valence-electron chi connectivity index (χ2n) is 9.32. The molecule has 0 saturated heterocycles. The number of benzene rings is 2. The van der Waals surface area contributed by atoms with Crippen molar-refractivity contribution in [3.63, 3.8) is 0 Å². The minimum Gasteiger partial charge on any atom is -0.327 e.